The van der Waals surface area contributed by atoms with E-state index >= 15 is 0 Å². The summed E-state index contributed by atoms with van der Waals surface area (Å²) in [5.41, 5.74) is 1.81. The van der Waals surface area contributed by atoms with E-state index in [1.165, 1.54) is 0 Å². The molecular weight excluding hydrogens is 252 g/mol. The molecule has 3 rings (SSSR count). The maximum Gasteiger partial charge on any atom is 0.255 e. The van der Waals surface area contributed by atoms with Crippen LogP contribution in [0.15, 0.2) is 36.8 Å². The zero-order valence-corrected chi connectivity index (χ0v) is 11.6. The molecule has 0 saturated carbocycles. The fraction of sp³-hybridized carbons (Fsp3) is 0.400. The number of hydrogen-bond donors (Lipinski definition) is 0. The molecule has 0 aliphatic carbocycles. The van der Waals surface area contributed by atoms with E-state index in [2.05, 4.69) is 16.1 Å². The lowest BCUT2D eigenvalue weighted by atomic mass is 9.93. The zero-order valence-electron chi connectivity index (χ0n) is 11.6. The van der Waals surface area contributed by atoms with Gasteiger partial charge in [0.05, 0.1) is 11.3 Å². The summed E-state index contributed by atoms with van der Waals surface area (Å²) in [7, 11) is 1.94. The predicted molar refractivity (Wildman–Crippen MR) is 75.3 cm³/mol. The lowest BCUT2D eigenvalue weighted by Gasteiger charge is -2.31. The van der Waals surface area contributed by atoms with Gasteiger partial charge in [-0.15, -0.1) is 0 Å². The van der Waals surface area contributed by atoms with Gasteiger partial charge in [-0.3, -0.25) is 14.5 Å². The topological polar surface area (TPSA) is 51.0 Å². The molecule has 0 atom stereocenters. The van der Waals surface area contributed by atoms with Gasteiger partial charge in [0.25, 0.3) is 5.91 Å². The summed E-state index contributed by atoms with van der Waals surface area (Å²) in [5.74, 6) is 0.548. The van der Waals surface area contributed by atoms with Crippen LogP contribution in [0.5, 0.6) is 0 Å². The highest BCUT2D eigenvalue weighted by Gasteiger charge is 2.25. The van der Waals surface area contributed by atoms with Crippen molar-refractivity contribution in [3.05, 3.63) is 48.0 Å². The Balaban J connectivity index is 1.63. The van der Waals surface area contributed by atoms with Crippen LogP contribution in [-0.4, -0.2) is 38.7 Å². The maximum absolute atomic E-state index is 12.3. The first-order chi connectivity index (χ1) is 9.74. The van der Waals surface area contributed by atoms with Crippen LogP contribution in [-0.2, 0) is 7.05 Å². The monoisotopic (exact) mass is 270 g/mol. The van der Waals surface area contributed by atoms with E-state index in [-0.39, 0.29) is 5.91 Å². The number of piperidine rings is 1. The van der Waals surface area contributed by atoms with Crippen molar-refractivity contribution in [3.63, 3.8) is 0 Å². The van der Waals surface area contributed by atoms with Crippen molar-refractivity contribution in [3.8, 4) is 0 Å². The van der Waals surface area contributed by atoms with Crippen molar-refractivity contribution in [2.24, 2.45) is 7.05 Å². The Morgan fingerprint density at radius 3 is 2.70 bits per heavy atom. The van der Waals surface area contributed by atoms with Crippen LogP contribution >= 0.6 is 0 Å². The number of amides is 1. The first-order valence-corrected chi connectivity index (χ1v) is 6.93. The molecule has 1 aliphatic heterocycles. The molecule has 1 aliphatic rings. The highest BCUT2D eigenvalue weighted by Crippen LogP contribution is 2.27. The van der Waals surface area contributed by atoms with E-state index in [1.54, 1.807) is 18.5 Å². The fourth-order valence-electron chi connectivity index (χ4n) is 2.70. The van der Waals surface area contributed by atoms with Crippen molar-refractivity contribution in [2.45, 2.75) is 18.8 Å². The summed E-state index contributed by atoms with van der Waals surface area (Å²) >= 11 is 0. The number of nitrogens with zero attached hydrogens (tertiary/aromatic N) is 4. The Labute approximate surface area is 118 Å². The van der Waals surface area contributed by atoms with Gasteiger partial charge in [-0.05, 0) is 31.0 Å². The lowest BCUT2D eigenvalue weighted by Crippen LogP contribution is -2.38. The first kappa shape index (κ1) is 12.8. The number of aryl methyl sites for hydroxylation is 1. The number of pyridine rings is 1. The smallest absolute Gasteiger partial charge is 0.255 e. The van der Waals surface area contributed by atoms with Crippen molar-refractivity contribution < 1.29 is 4.79 Å². The number of carbonyl (C=O) groups is 1. The minimum absolute atomic E-state index is 0.0811. The quantitative estimate of drug-likeness (QED) is 0.836. The summed E-state index contributed by atoms with van der Waals surface area (Å²) in [5, 5.41) is 4.47. The number of carbonyl (C=O) groups excluding carboxylic acids is 1. The molecule has 1 saturated heterocycles. The van der Waals surface area contributed by atoms with Crippen LogP contribution in [0, 0.1) is 0 Å². The van der Waals surface area contributed by atoms with E-state index < -0.39 is 0 Å². The van der Waals surface area contributed by atoms with Gasteiger partial charge >= 0.3 is 0 Å². The molecule has 0 radical (unpaired) electrons. The second kappa shape index (κ2) is 5.45. The molecule has 3 heterocycles. The van der Waals surface area contributed by atoms with Gasteiger partial charge < -0.3 is 4.90 Å². The highest BCUT2D eigenvalue weighted by atomic mass is 16.2. The van der Waals surface area contributed by atoms with Gasteiger partial charge in [0.15, 0.2) is 0 Å². The van der Waals surface area contributed by atoms with E-state index in [4.69, 9.17) is 0 Å². The van der Waals surface area contributed by atoms with Crippen LogP contribution in [0.2, 0.25) is 0 Å². The Morgan fingerprint density at radius 2 is 2.10 bits per heavy atom. The third-order valence-corrected chi connectivity index (χ3v) is 3.84. The lowest BCUT2D eigenvalue weighted by molar-refractivity contribution is 0.0711. The molecule has 5 nitrogen and oxygen atoms in total. The zero-order chi connectivity index (χ0) is 13.9. The number of likely N-dealkylation sites (tertiary alicyclic amines) is 1. The second-order valence-electron chi connectivity index (χ2n) is 5.22. The van der Waals surface area contributed by atoms with Crippen LogP contribution in [0.4, 0.5) is 0 Å². The van der Waals surface area contributed by atoms with Gasteiger partial charge in [0, 0.05) is 44.6 Å². The summed E-state index contributed by atoms with van der Waals surface area (Å²) in [6.07, 6.45) is 7.24. The number of hydrogen-bond acceptors (Lipinski definition) is 3. The Morgan fingerprint density at radius 1 is 1.30 bits per heavy atom. The minimum atomic E-state index is 0.0811. The fourth-order valence-corrected chi connectivity index (χ4v) is 2.70. The molecule has 0 aromatic carbocycles. The van der Waals surface area contributed by atoms with Crippen LogP contribution in [0.25, 0.3) is 0 Å². The summed E-state index contributed by atoms with van der Waals surface area (Å²) in [6, 6.07) is 5.69. The van der Waals surface area contributed by atoms with E-state index in [0.29, 0.717) is 11.5 Å². The van der Waals surface area contributed by atoms with Gasteiger partial charge in [0.1, 0.15) is 0 Å². The van der Waals surface area contributed by atoms with E-state index in [0.717, 1.165) is 31.6 Å². The van der Waals surface area contributed by atoms with Crippen molar-refractivity contribution >= 4 is 5.91 Å². The van der Waals surface area contributed by atoms with Crippen molar-refractivity contribution in [1.29, 1.82) is 0 Å². The molecule has 1 fully saturated rings. The molecule has 5 heteroatoms. The van der Waals surface area contributed by atoms with Crippen LogP contribution < -0.4 is 0 Å². The van der Waals surface area contributed by atoms with Gasteiger partial charge in [-0.25, -0.2) is 0 Å². The number of aromatic nitrogens is 3. The maximum atomic E-state index is 12.3. The standard InChI is InChI=1S/C15H18N4O/c1-18-8-6-14(17-18)12-4-9-19(10-5-12)15(20)13-3-2-7-16-11-13/h2-3,6-8,11-12H,4-5,9-10H2,1H3. The Kier molecular flexibility index (Phi) is 3.50. The average molecular weight is 270 g/mol. The molecule has 2 aromatic rings. The van der Waals surface area contributed by atoms with Crippen molar-refractivity contribution in [1.82, 2.24) is 19.7 Å². The third-order valence-electron chi connectivity index (χ3n) is 3.84. The van der Waals surface area contributed by atoms with Crippen molar-refractivity contribution in [2.75, 3.05) is 13.1 Å². The molecule has 0 bridgehead atoms. The molecule has 1 amide bonds. The van der Waals surface area contributed by atoms with Crippen LogP contribution in [0.1, 0.15) is 34.8 Å². The normalized spacial score (nSPS) is 16.4. The Hall–Kier alpha value is -2.17. The second-order valence-corrected chi connectivity index (χ2v) is 5.22. The Bertz CT molecular complexity index is 585. The SMILES string of the molecule is Cn1ccc(C2CCN(C(=O)c3cccnc3)CC2)n1. The third kappa shape index (κ3) is 2.57. The molecule has 104 valence electrons. The average Bonchev–Trinajstić information content (AvgIpc) is 2.94. The first-order valence-electron chi connectivity index (χ1n) is 6.93. The van der Waals surface area contributed by atoms with Gasteiger partial charge in [-0.2, -0.15) is 5.10 Å². The van der Waals surface area contributed by atoms with E-state index in [9.17, 15) is 4.79 Å². The molecule has 0 spiro atoms. The van der Waals surface area contributed by atoms with Gasteiger partial charge in [-0.1, -0.05) is 0 Å². The largest absolute Gasteiger partial charge is 0.339 e. The summed E-state index contributed by atoms with van der Waals surface area (Å²) < 4.78 is 1.84. The summed E-state index contributed by atoms with van der Waals surface area (Å²) in [4.78, 5) is 18.2. The molecular formula is C15H18N4O. The highest BCUT2D eigenvalue weighted by molar-refractivity contribution is 5.93. The van der Waals surface area contributed by atoms with Crippen LogP contribution in [0.3, 0.4) is 0 Å². The molecule has 20 heavy (non-hydrogen) atoms. The minimum Gasteiger partial charge on any atom is -0.339 e. The number of rotatable bonds is 2. The van der Waals surface area contributed by atoms with E-state index in [1.807, 2.05) is 28.9 Å². The molecule has 0 N–H and O–H groups in total. The van der Waals surface area contributed by atoms with Gasteiger partial charge in [0.2, 0.25) is 0 Å². The molecule has 2 aromatic heterocycles. The summed E-state index contributed by atoms with van der Waals surface area (Å²) in [6.45, 7) is 1.57. The molecule has 0 unspecified atom stereocenters. The predicted octanol–water partition coefficient (Wildman–Crippen LogP) is 1.83.